The SMILES string of the molecule is CCOC(=O)CN(CC(F)(F)F)C(=O)/C=C/c1ccc(-c2ccccc2)s1. The average molecular weight is 397 g/mol. The van der Waals surface area contributed by atoms with Gasteiger partial charge in [-0.25, -0.2) is 0 Å². The van der Waals surface area contributed by atoms with Gasteiger partial charge in [-0.1, -0.05) is 30.3 Å². The normalized spacial score (nSPS) is 11.6. The number of benzene rings is 1. The van der Waals surface area contributed by atoms with Gasteiger partial charge in [-0.15, -0.1) is 11.3 Å². The number of alkyl halides is 3. The Morgan fingerprint density at radius 1 is 1.15 bits per heavy atom. The molecular formula is C19H18F3NO3S. The number of rotatable bonds is 7. The number of hydrogen-bond acceptors (Lipinski definition) is 4. The van der Waals surface area contributed by atoms with E-state index in [1.165, 1.54) is 24.3 Å². The summed E-state index contributed by atoms with van der Waals surface area (Å²) in [5.41, 5.74) is 1.01. The highest BCUT2D eigenvalue weighted by Gasteiger charge is 2.33. The second-order valence-electron chi connectivity index (χ2n) is 5.52. The van der Waals surface area contributed by atoms with Crippen LogP contribution < -0.4 is 0 Å². The van der Waals surface area contributed by atoms with Crippen molar-refractivity contribution in [2.24, 2.45) is 0 Å². The number of ether oxygens (including phenoxy) is 1. The van der Waals surface area contributed by atoms with E-state index in [2.05, 4.69) is 4.74 Å². The van der Waals surface area contributed by atoms with Crippen LogP contribution in [0.25, 0.3) is 16.5 Å². The maximum atomic E-state index is 12.7. The molecular weight excluding hydrogens is 379 g/mol. The van der Waals surface area contributed by atoms with E-state index in [4.69, 9.17) is 0 Å². The summed E-state index contributed by atoms with van der Waals surface area (Å²) in [6.45, 7) is -0.708. The van der Waals surface area contributed by atoms with Gasteiger partial charge in [0.25, 0.3) is 0 Å². The fourth-order valence-corrected chi connectivity index (χ4v) is 3.17. The Kier molecular flexibility index (Phi) is 7.18. The minimum absolute atomic E-state index is 0.0280. The van der Waals surface area contributed by atoms with Crippen LogP contribution in [0.4, 0.5) is 13.2 Å². The summed E-state index contributed by atoms with van der Waals surface area (Å²) < 4.78 is 42.7. The van der Waals surface area contributed by atoms with Crippen molar-refractivity contribution in [3.05, 3.63) is 53.4 Å². The maximum Gasteiger partial charge on any atom is 0.406 e. The third-order valence-electron chi connectivity index (χ3n) is 3.38. The first-order valence-electron chi connectivity index (χ1n) is 8.13. The van der Waals surface area contributed by atoms with Crippen molar-refractivity contribution in [2.45, 2.75) is 13.1 Å². The zero-order valence-electron chi connectivity index (χ0n) is 14.5. The van der Waals surface area contributed by atoms with Gasteiger partial charge in [0, 0.05) is 15.8 Å². The highest BCUT2D eigenvalue weighted by Crippen LogP contribution is 2.28. The molecule has 144 valence electrons. The highest BCUT2D eigenvalue weighted by atomic mass is 32.1. The summed E-state index contributed by atoms with van der Waals surface area (Å²) in [6, 6.07) is 13.2. The molecule has 0 fully saturated rings. The quantitative estimate of drug-likeness (QED) is 0.515. The Labute approximate surface area is 158 Å². The van der Waals surface area contributed by atoms with Gasteiger partial charge in [0.2, 0.25) is 5.91 Å². The Morgan fingerprint density at radius 2 is 1.85 bits per heavy atom. The summed E-state index contributed by atoms with van der Waals surface area (Å²) in [7, 11) is 0. The Hall–Kier alpha value is -2.61. The van der Waals surface area contributed by atoms with Crippen LogP contribution in [0.2, 0.25) is 0 Å². The molecule has 2 rings (SSSR count). The lowest BCUT2D eigenvalue weighted by Crippen LogP contribution is -2.41. The first-order valence-corrected chi connectivity index (χ1v) is 8.95. The maximum absolute atomic E-state index is 12.7. The minimum atomic E-state index is -4.61. The Balaban J connectivity index is 2.09. The van der Waals surface area contributed by atoms with Gasteiger partial charge in [0.1, 0.15) is 13.1 Å². The number of esters is 1. The Morgan fingerprint density at radius 3 is 2.48 bits per heavy atom. The van der Waals surface area contributed by atoms with Crippen LogP contribution >= 0.6 is 11.3 Å². The monoisotopic (exact) mass is 397 g/mol. The molecule has 0 bridgehead atoms. The van der Waals surface area contributed by atoms with Gasteiger partial charge >= 0.3 is 12.1 Å². The van der Waals surface area contributed by atoms with Gasteiger partial charge in [-0.3, -0.25) is 9.59 Å². The smallest absolute Gasteiger partial charge is 0.406 e. The van der Waals surface area contributed by atoms with Crippen molar-refractivity contribution in [2.75, 3.05) is 19.7 Å². The molecule has 0 aliphatic rings. The fourth-order valence-electron chi connectivity index (χ4n) is 2.25. The first kappa shape index (κ1) is 20.7. The van der Waals surface area contributed by atoms with E-state index in [-0.39, 0.29) is 6.61 Å². The molecule has 0 aliphatic carbocycles. The van der Waals surface area contributed by atoms with Crippen LogP contribution in [0.3, 0.4) is 0 Å². The molecule has 1 aromatic heterocycles. The van der Waals surface area contributed by atoms with Crippen molar-refractivity contribution in [3.8, 4) is 10.4 Å². The van der Waals surface area contributed by atoms with E-state index < -0.39 is 31.1 Å². The van der Waals surface area contributed by atoms with E-state index in [1.807, 2.05) is 36.4 Å². The molecule has 0 N–H and O–H groups in total. The number of amides is 1. The van der Waals surface area contributed by atoms with E-state index in [0.29, 0.717) is 9.78 Å². The Bertz CT molecular complexity index is 800. The van der Waals surface area contributed by atoms with Gasteiger partial charge < -0.3 is 9.64 Å². The molecule has 1 aromatic carbocycles. The van der Waals surface area contributed by atoms with Gasteiger partial charge in [0.15, 0.2) is 0 Å². The van der Waals surface area contributed by atoms with Crippen LogP contribution in [-0.2, 0) is 14.3 Å². The first-order chi connectivity index (χ1) is 12.8. The van der Waals surface area contributed by atoms with E-state index in [0.717, 1.165) is 16.5 Å². The summed E-state index contributed by atoms with van der Waals surface area (Å²) >= 11 is 1.40. The van der Waals surface area contributed by atoms with Gasteiger partial charge in [0.05, 0.1) is 6.61 Å². The van der Waals surface area contributed by atoms with Crippen molar-refractivity contribution >= 4 is 29.3 Å². The zero-order valence-corrected chi connectivity index (χ0v) is 15.3. The summed E-state index contributed by atoms with van der Waals surface area (Å²) in [5, 5.41) is 0. The molecule has 4 nitrogen and oxygen atoms in total. The summed E-state index contributed by atoms with van der Waals surface area (Å²) in [6.07, 6.45) is -2.14. The van der Waals surface area contributed by atoms with Crippen LogP contribution in [0.1, 0.15) is 11.8 Å². The number of halogens is 3. The summed E-state index contributed by atoms with van der Waals surface area (Å²) in [5.74, 6) is -1.79. The molecule has 27 heavy (non-hydrogen) atoms. The topological polar surface area (TPSA) is 46.6 Å². The minimum Gasteiger partial charge on any atom is -0.465 e. The standard InChI is InChI=1S/C19H18F3NO3S/c1-2-26-18(25)12-23(13-19(20,21)22)17(24)11-9-15-8-10-16(27-15)14-6-4-3-5-7-14/h3-11H,2,12-13H2,1H3/b11-9+. The lowest BCUT2D eigenvalue weighted by Gasteiger charge is -2.21. The molecule has 0 saturated heterocycles. The molecule has 0 spiro atoms. The highest BCUT2D eigenvalue weighted by molar-refractivity contribution is 7.16. The molecule has 1 heterocycles. The van der Waals surface area contributed by atoms with Crippen molar-refractivity contribution in [1.29, 1.82) is 0 Å². The molecule has 0 aliphatic heterocycles. The van der Waals surface area contributed by atoms with Crippen molar-refractivity contribution in [3.63, 3.8) is 0 Å². The van der Waals surface area contributed by atoms with Crippen LogP contribution in [0, 0.1) is 0 Å². The predicted octanol–water partition coefficient (Wildman–Crippen LogP) is 4.38. The third-order valence-corrected chi connectivity index (χ3v) is 4.48. The summed E-state index contributed by atoms with van der Waals surface area (Å²) in [4.78, 5) is 25.7. The average Bonchev–Trinajstić information content (AvgIpc) is 3.08. The van der Waals surface area contributed by atoms with E-state index >= 15 is 0 Å². The largest absolute Gasteiger partial charge is 0.465 e. The second kappa shape index (κ2) is 9.36. The third kappa shape index (κ3) is 6.90. The number of carbonyl (C=O) groups excluding carboxylic acids is 2. The van der Waals surface area contributed by atoms with Crippen LogP contribution in [0.5, 0.6) is 0 Å². The molecule has 0 unspecified atom stereocenters. The number of carbonyl (C=O) groups is 2. The van der Waals surface area contributed by atoms with E-state index in [1.54, 1.807) is 6.07 Å². The number of nitrogens with zero attached hydrogens (tertiary/aromatic N) is 1. The van der Waals surface area contributed by atoms with Gasteiger partial charge in [-0.2, -0.15) is 13.2 Å². The van der Waals surface area contributed by atoms with Crippen molar-refractivity contribution in [1.82, 2.24) is 4.90 Å². The molecule has 0 atom stereocenters. The molecule has 8 heteroatoms. The fraction of sp³-hybridized carbons (Fsp3) is 0.263. The molecule has 0 saturated carbocycles. The lowest BCUT2D eigenvalue weighted by atomic mass is 10.2. The van der Waals surface area contributed by atoms with Crippen LogP contribution in [-0.4, -0.2) is 42.6 Å². The second-order valence-corrected chi connectivity index (χ2v) is 6.63. The lowest BCUT2D eigenvalue weighted by molar-refractivity contribution is -0.164. The number of hydrogen-bond donors (Lipinski definition) is 0. The van der Waals surface area contributed by atoms with Gasteiger partial charge in [-0.05, 0) is 30.7 Å². The predicted molar refractivity (Wildman–Crippen MR) is 98.1 cm³/mol. The zero-order chi connectivity index (χ0) is 19.9. The molecule has 1 amide bonds. The van der Waals surface area contributed by atoms with Crippen LogP contribution in [0.15, 0.2) is 48.5 Å². The molecule has 0 radical (unpaired) electrons. The van der Waals surface area contributed by atoms with Crippen molar-refractivity contribution < 1.29 is 27.5 Å². The van der Waals surface area contributed by atoms with E-state index in [9.17, 15) is 22.8 Å². The number of thiophene rings is 1. The molecule has 2 aromatic rings.